The van der Waals surface area contributed by atoms with Crippen LogP contribution in [0.1, 0.15) is 23.8 Å². The van der Waals surface area contributed by atoms with Gasteiger partial charge in [0.25, 0.3) is 0 Å². The van der Waals surface area contributed by atoms with E-state index in [0.717, 1.165) is 30.2 Å². The second kappa shape index (κ2) is 5.61. The molecule has 0 atom stereocenters. The number of halogens is 1. The molecule has 19 heavy (non-hydrogen) atoms. The summed E-state index contributed by atoms with van der Waals surface area (Å²) in [7, 11) is 0. The number of hydrogen-bond acceptors (Lipinski definition) is 3. The Kier molecular flexibility index (Phi) is 3.87. The van der Waals surface area contributed by atoms with Crippen molar-refractivity contribution >= 4 is 33.2 Å². The predicted octanol–water partition coefficient (Wildman–Crippen LogP) is 4.32. The molecule has 3 rings (SSSR count). The van der Waals surface area contributed by atoms with Crippen LogP contribution < -0.4 is 0 Å². The molecule has 1 aliphatic rings. The monoisotopic (exact) mass is 292 g/mol. The fraction of sp³-hybridized carbons (Fsp3) is 0.400. The molecule has 0 saturated carbocycles. The van der Waals surface area contributed by atoms with Crippen molar-refractivity contribution in [3.8, 4) is 0 Å². The van der Waals surface area contributed by atoms with Gasteiger partial charge in [-0.15, -0.1) is 17.9 Å². The van der Waals surface area contributed by atoms with Crippen molar-refractivity contribution in [2.45, 2.75) is 18.8 Å². The fourth-order valence-electron chi connectivity index (χ4n) is 2.64. The van der Waals surface area contributed by atoms with Gasteiger partial charge in [-0.05, 0) is 44.1 Å². The zero-order valence-corrected chi connectivity index (χ0v) is 12.4. The molecule has 1 aromatic carbocycles. The molecule has 1 aromatic heterocycles. The first kappa shape index (κ1) is 13.1. The fourth-order valence-corrected chi connectivity index (χ4v) is 3.92. The topological polar surface area (TPSA) is 16.1 Å². The van der Waals surface area contributed by atoms with Gasteiger partial charge >= 0.3 is 0 Å². The molecule has 2 nitrogen and oxygen atoms in total. The number of rotatable bonds is 3. The third kappa shape index (κ3) is 2.83. The minimum atomic E-state index is 0.609. The smallest absolute Gasteiger partial charge is 0.0970 e. The number of benzene rings is 1. The van der Waals surface area contributed by atoms with E-state index in [2.05, 4.69) is 17.5 Å². The summed E-state index contributed by atoms with van der Waals surface area (Å²) in [6, 6.07) is 5.98. The number of fused-ring (bicyclic) bond motifs is 1. The lowest BCUT2D eigenvalue weighted by atomic mass is 9.97. The highest BCUT2D eigenvalue weighted by Gasteiger charge is 2.22. The number of likely N-dealkylation sites (tertiary alicyclic amines) is 1. The number of nitrogens with zero attached hydrogens (tertiary/aromatic N) is 2. The van der Waals surface area contributed by atoms with E-state index in [1.165, 1.54) is 22.5 Å². The van der Waals surface area contributed by atoms with Gasteiger partial charge in [-0.1, -0.05) is 17.7 Å². The van der Waals surface area contributed by atoms with E-state index >= 15 is 0 Å². The molecule has 0 bridgehead atoms. The average molecular weight is 293 g/mol. The third-order valence-electron chi connectivity index (χ3n) is 3.69. The first-order valence-corrected chi connectivity index (χ1v) is 7.85. The van der Waals surface area contributed by atoms with Crippen molar-refractivity contribution < 1.29 is 0 Å². The number of thiazole rings is 1. The van der Waals surface area contributed by atoms with Crippen LogP contribution >= 0.6 is 22.9 Å². The summed E-state index contributed by atoms with van der Waals surface area (Å²) in [6.45, 7) is 7.10. The first-order valence-electron chi connectivity index (χ1n) is 6.65. The number of piperidine rings is 1. The van der Waals surface area contributed by atoms with E-state index in [0.29, 0.717) is 5.92 Å². The highest BCUT2D eigenvalue weighted by Crippen LogP contribution is 2.34. The molecule has 0 N–H and O–H groups in total. The lowest BCUT2D eigenvalue weighted by molar-refractivity contribution is 0.232. The summed E-state index contributed by atoms with van der Waals surface area (Å²) in [6.07, 6.45) is 4.38. The Morgan fingerprint density at radius 3 is 2.95 bits per heavy atom. The van der Waals surface area contributed by atoms with E-state index in [1.807, 2.05) is 29.5 Å². The molecule has 1 aliphatic heterocycles. The summed E-state index contributed by atoms with van der Waals surface area (Å²) in [5.74, 6) is 0.609. The van der Waals surface area contributed by atoms with Crippen LogP contribution in [0.15, 0.2) is 30.9 Å². The Balaban J connectivity index is 1.76. The van der Waals surface area contributed by atoms with Gasteiger partial charge in [0.2, 0.25) is 0 Å². The largest absolute Gasteiger partial charge is 0.300 e. The highest BCUT2D eigenvalue weighted by atomic mass is 35.5. The number of hydrogen-bond donors (Lipinski definition) is 0. The quantitative estimate of drug-likeness (QED) is 0.784. The van der Waals surface area contributed by atoms with E-state index in [1.54, 1.807) is 0 Å². The molecular weight excluding hydrogens is 276 g/mol. The summed E-state index contributed by atoms with van der Waals surface area (Å²) in [5, 5.41) is 2.04. The number of aromatic nitrogens is 1. The van der Waals surface area contributed by atoms with Crippen molar-refractivity contribution in [1.82, 2.24) is 9.88 Å². The zero-order chi connectivity index (χ0) is 13.2. The van der Waals surface area contributed by atoms with E-state index < -0.39 is 0 Å². The van der Waals surface area contributed by atoms with Gasteiger partial charge in [0.15, 0.2) is 0 Å². The van der Waals surface area contributed by atoms with Gasteiger partial charge in [0.05, 0.1) is 15.2 Å². The van der Waals surface area contributed by atoms with E-state index in [-0.39, 0.29) is 0 Å². The Morgan fingerprint density at radius 2 is 2.21 bits per heavy atom. The Bertz CT molecular complexity index is 585. The molecule has 2 aromatic rings. The highest BCUT2D eigenvalue weighted by molar-refractivity contribution is 7.18. The molecule has 2 heterocycles. The second-order valence-corrected chi connectivity index (χ2v) is 6.53. The van der Waals surface area contributed by atoms with Crippen LogP contribution in [-0.4, -0.2) is 29.5 Å². The van der Waals surface area contributed by atoms with Gasteiger partial charge in [-0.25, -0.2) is 4.98 Å². The third-order valence-corrected chi connectivity index (χ3v) is 5.12. The summed E-state index contributed by atoms with van der Waals surface area (Å²) in [5.41, 5.74) is 1.04. The molecular formula is C15H17ClN2S. The Hall–Kier alpha value is -0.900. The summed E-state index contributed by atoms with van der Waals surface area (Å²) < 4.78 is 1.24. The van der Waals surface area contributed by atoms with Crippen LogP contribution in [0.25, 0.3) is 10.2 Å². The second-order valence-electron chi connectivity index (χ2n) is 5.03. The minimum Gasteiger partial charge on any atom is -0.300 e. The molecule has 4 heteroatoms. The molecule has 0 aliphatic carbocycles. The van der Waals surface area contributed by atoms with E-state index in [9.17, 15) is 0 Å². The molecule has 1 fully saturated rings. The van der Waals surface area contributed by atoms with E-state index in [4.69, 9.17) is 16.6 Å². The van der Waals surface area contributed by atoms with Gasteiger partial charge in [0.1, 0.15) is 0 Å². The normalized spacial score (nSPS) is 17.9. The van der Waals surface area contributed by atoms with Crippen molar-refractivity contribution in [1.29, 1.82) is 0 Å². The van der Waals surface area contributed by atoms with Gasteiger partial charge in [-0.2, -0.15) is 0 Å². The van der Waals surface area contributed by atoms with Crippen molar-refractivity contribution in [2.24, 2.45) is 0 Å². The Labute approximate surface area is 122 Å². The van der Waals surface area contributed by atoms with Crippen LogP contribution in [0.3, 0.4) is 0 Å². The molecule has 0 amide bonds. The molecule has 0 radical (unpaired) electrons. The molecule has 0 unspecified atom stereocenters. The predicted molar refractivity (Wildman–Crippen MR) is 83.2 cm³/mol. The van der Waals surface area contributed by atoms with Crippen LogP contribution in [0.4, 0.5) is 0 Å². The maximum Gasteiger partial charge on any atom is 0.0970 e. The standard InChI is InChI=1S/C15H17ClN2S/c1-2-7-18-8-5-11(6-9-18)15-17-13-10-12(16)3-4-14(13)19-15/h2-4,10-11H,1,5-9H2. The molecule has 0 spiro atoms. The van der Waals surface area contributed by atoms with Crippen LogP contribution in [0, 0.1) is 0 Å². The van der Waals surface area contributed by atoms with Gasteiger partial charge in [-0.3, -0.25) is 4.90 Å². The maximum atomic E-state index is 6.02. The lowest BCUT2D eigenvalue weighted by Crippen LogP contribution is -2.32. The van der Waals surface area contributed by atoms with Gasteiger partial charge in [0, 0.05) is 17.5 Å². The summed E-state index contributed by atoms with van der Waals surface area (Å²) in [4.78, 5) is 7.22. The van der Waals surface area contributed by atoms with Crippen LogP contribution in [-0.2, 0) is 0 Å². The first-order chi connectivity index (χ1) is 9.26. The van der Waals surface area contributed by atoms with Crippen LogP contribution in [0.2, 0.25) is 5.02 Å². The SMILES string of the molecule is C=CCN1CCC(c2nc3cc(Cl)ccc3s2)CC1. The minimum absolute atomic E-state index is 0.609. The average Bonchev–Trinajstić information content (AvgIpc) is 2.83. The molecule has 1 saturated heterocycles. The Morgan fingerprint density at radius 1 is 1.42 bits per heavy atom. The van der Waals surface area contributed by atoms with Crippen molar-refractivity contribution in [3.05, 3.63) is 40.9 Å². The molecule has 100 valence electrons. The van der Waals surface area contributed by atoms with Crippen molar-refractivity contribution in [2.75, 3.05) is 19.6 Å². The van der Waals surface area contributed by atoms with Gasteiger partial charge < -0.3 is 0 Å². The zero-order valence-electron chi connectivity index (χ0n) is 10.8. The van der Waals surface area contributed by atoms with Crippen molar-refractivity contribution in [3.63, 3.8) is 0 Å². The summed E-state index contributed by atoms with van der Waals surface area (Å²) >= 11 is 7.83. The maximum absolute atomic E-state index is 6.02. The lowest BCUT2D eigenvalue weighted by Gasteiger charge is -2.29. The van der Waals surface area contributed by atoms with Crippen LogP contribution in [0.5, 0.6) is 0 Å².